The second-order valence-corrected chi connectivity index (χ2v) is 8.96. The lowest BCUT2D eigenvalue weighted by Gasteiger charge is -2.09. The van der Waals surface area contributed by atoms with Crippen LogP contribution in [0.1, 0.15) is 34.1 Å². The number of aromatic nitrogens is 2. The summed E-state index contributed by atoms with van der Waals surface area (Å²) in [5, 5.41) is 14.3. The first kappa shape index (κ1) is 19.4. The van der Waals surface area contributed by atoms with Crippen LogP contribution in [-0.4, -0.2) is 47.7 Å². The van der Waals surface area contributed by atoms with E-state index in [1.54, 1.807) is 13.0 Å². The number of hydrogen-bond acceptors (Lipinski definition) is 6. The molecule has 0 unspecified atom stereocenters. The van der Waals surface area contributed by atoms with E-state index in [0.717, 1.165) is 0 Å². The number of carbonyl (C=O) groups is 1. The molecule has 1 fully saturated rings. The number of sulfone groups is 1. The SMILES string of the molecule is COc1cc(C(=O)/C=C/c2c(C)nn([C@@H]3CCS(=O)(=O)C3)c2Cl)ccc1O. The van der Waals surface area contributed by atoms with E-state index < -0.39 is 9.84 Å². The number of phenols is 1. The molecule has 1 aromatic carbocycles. The van der Waals surface area contributed by atoms with Gasteiger partial charge in [-0.25, -0.2) is 13.1 Å². The zero-order chi connectivity index (χ0) is 19.8. The second-order valence-electron chi connectivity index (χ2n) is 6.38. The van der Waals surface area contributed by atoms with Gasteiger partial charge in [-0.3, -0.25) is 4.79 Å². The highest BCUT2D eigenvalue weighted by Gasteiger charge is 2.31. The van der Waals surface area contributed by atoms with Crippen LogP contribution in [0.4, 0.5) is 0 Å². The van der Waals surface area contributed by atoms with E-state index in [0.29, 0.717) is 28.4 Å². The van der Waals surface area contributed by atoms with Crippen LogP contribution in [0.15, 0.2) is 24.3 Å². The van der Waals surface area contributed by atoms with Crippen LogP contribution >= 0.6 is 11.6 Å². The molecular weight excluding hydrogens is 392 g/mol. The van der Waals surface area contributed by atoms with Gasteiger partial charge >= 0.3 is 0 Å². The molecule has 7 nitrogen and oxygen atoms in total. The Labute approximate surface area is 162 Å². The van der Waals surface area contributed by atoms with Crippen LogP contribution in [0.3, 0.4) is 0 Å². The van der Waals surface area contributed by atoms with E-state index in [1.165, 1.54) is 36.1 Å². The van der Waals surface area contributed by atoms with Crippen molar-refractivity contribution in [1.82, 2.24) is 9.78 Å². The van der Waals surface area contributed by atoms with Crippen molar-refractivity contribution >= 4 is 33.3 Å². The monoisotopic (exact) mass is 410 g/mol. The van der Waals surface area contributed by atoms with Crippen molar-refractivity contribution in [2.75, 3.05) is 18.6 Å². The van der Waals surface area contributed by atoms with Gasteiger partial charge in [-0.05, 0) is 43.7 Å². The number of nitrogens with zero attached hydrogens (tertiary/aromatic N) is 2. The van der Waals surface area contributed by atoms with Crippen molar-refractivity contribution in [1.29, 1.82) is 0 Å². The smallest absolute Gasteiger partial charge is 0.185 e. The van der Waals surface area contributed by atoms with E-state index in [9.17, 15) is 18.3 Å². The number of hydrogen-bond donors (Lipinski definition) is 1. The lowest BCUT2D eigenvalue weighted by molar-refractivity contribution is 0.104. The van der Waals surface area contributed by atoms with E-state index in [2.05, 4.69) is 5.10 Å². The molecule has 1 aromatic heterocycles. The summed E-state index contributed by atoms with van der Waals surface area (Å²) in [6.45, 7) is 1.75. The number of aryl methyl sites for hydroxylation is 1. The van der Waals surface area contributed by atoms with Crippen LogP contribution < -0.4 is 4.74 Å². The normalized spacial score (nSPS) is 18.9. The molecular formula is C18H19ClN2O5S. The molecule has 9 heteroatoms. The summed E-state index contributed by atoms with van der Waals surface area (Å²) in [5.74, 6) is 0.00560. The molecule has 1 N–H and O–H groups in total. The molecule has 1 aliphatic rings. The van der Waals surface area contributed by atoms with E-state index in [4.69, 9.17) is 16.3 Å². The Bertz CT molecular complexity index is 1030. The Morgan fingerprint density at radius 3 is 2.81 bits per heavy atom. The first-order valence-corrected chi connectivity index (χ1v) is 10.5. The van der Waals surface area contributed by atoms with Gasteiger partial charge in [0.1, 0.15) is 5.15 Å². The van der Waals surface area contributed by atoms with E-state index in [-0.39, 0.29) is 34.8 Å². The molecule has 27 heavy (non-hydrogen) atoms. The quantitative estimate of drug-likeness (QED) is 0.601. The first-order valence-electron chi connectivity index (χ1n) is 8.26. The minimum atomic E-state index is -3.06. The Hall–Kier alpha value is -2.32. The summed E-state index contributed by atoms with van der Waals surface area (Å²) in [7, 11) is -1.66. The standard InChI is InChI=1S/C18H19ClN2O5S/c1-11-14(18(19)21(20-11)13-7-8-27(24,25)10-13)4-6-15(22)12-3-5-16(23)17(9-12)26-2/h3-6,9,13,23H,7-8,10H2,1-2H3/b6-4+/t13-/m1/s1. The average Bonchev–Trinajstić information content (AvgIpc) is 3.12. The summed E-state index contributed by atoms with van der Waals surface area (Å²) in [6, 6.07) is 4.03. The highest BCUT2D eigenvalue weighted by atomic mass is 35.5. The third-order valence-corrected chi connectivity index (χ3v) is 6.62. The number of methoxy groups -OCH3 is 1. The van der Waals surface area contributed by atoms with Gasteiger partial charge in [0, 0.05) is 11.1 Å². The molecule has 0 aliphatic carbocycles. The minimum Gasteiger partial charge on any atom is -0.504 e. The maximum absolute atomic E-state index is 12.4. The van der Waals surface area contributed by atoms with Gasteiger partial charge in [0.2, 0.25) is 0 Å². The second kappa shape index (κ2) is 7.36. The van der Waals surface area contributed by atoms with Crippen molar-refractivity contribution in [3.05, 3.63) is 46.2 Å². The Morgan fingerprint density at radius 2 is 2.19 bits per heavy atom. The number of carbonyl (C=O) groups excluding carboxylic acids is 1. The molecule has 1 saturated heterocycles. The third-order valence-electron chi connectivity index (χ3n) is 4.49. The fourth-order valence-electron chi connectivity index (χ4n) is 3.02. The van der Waals surface area contributed by atoms with E-state index >= 15 is 0 Å². The zero-order valence-corrected chi connectivity index (χ0v) is 16.4. The van der Waals surface area contributed by atoms with E-state index in [1.807, 2.05) is 0 Å². The molecule has 1 atom stereocenters. The van der Waals surface area contributed by atoms with Crippen LogP contribution in [0, 0.1) is 6.92 Å². The molecule has 0 amide bonds. The van der Waals surface area contributed by atoms with Crippen molar-refractivity contribution in [3.63, 3.8) is 0 Å². The largest absolute Gasteiger partial charge is 0.504 e. The van der Waals surface area contributed by atoms with Crippen molar-refractivity contribution < 1.29 is 23.1 Å². The summed E-state index contributed by atoms with van der Waals surface area (Å²) < 4.78 is 29.9. The first-order chi connectivity index (χ1) is 12.7. The predicted octanol–water partition coefficient (Wildman–Crippen LogP) is 2.81. The summed E-state index contributed by atoms with van der Waals surface area (Å²) in [5.41, 5.74) is 1.53. The molecule has 1 aliphatic heterocycles. The van der Waals surface area contributed by atoms with Gasteiger partial charge in [-0.2, -0.15) is 5.10 Å². The number of ketones is 1. The number of benzene rings is 1. The fraction of sp³-hybridized carbons (Fsp3) is 0.333. The van der Waals surface area contributed by atoms with Gasteiger partial charge in [0.15, 0.2) is 27.1 Å². The Balaban J connectivity index is 1.84. The number of phenolic OH excluding ortho intramolecular Hbond substituents is 1. The number of halogens is 1. The zero-order valence-electron chi connectivity index (χ0n) is 14.8. The molecule has 0 radical (unpaired) electrons. The predicted molar refractivity (Wildman–Crippen MR) is 102 cm³/mol. The van der Waals surface area contributed by atoms with Gasteiger partial charge < -0.3 is 9.84 Å². The summed E-state index contributed by atoms with van der Waals surface area (Å²) in [6.07, 6.45) is 3.39. The Kier molecular flexibility index (Phi) is 5.30. The molecule has 3 rings (SSSR count). The van der Waals surface area contributed by atoms with Gasteiger partial charge in [-0.15, -0.1) is 0 Å². The van der Waals surface area contributed by atoms with Crippen LogP contribution in [-0.2, 0) is 9.84 Å². The van der Waals surface area contributed by atoms with Gasteiger partial charge in [0.05, 0.1) is 30.4 Å². The molecule has 2 heterocycles. The maximum Gasteiger partial charge on any atom is 0.185 e. The highest BCUT2D eigenvalue weighted by molar-refractivity contribution is 7.91. The summed E-state index contributed by atoms with van der Waals surface area (Å²) in [4.78, 5) is 12.4. The number of ether oxygens (including phenoxy) is 1. The molecule has 144 valence electrons. The number of aromatic hydroxyl groups is 1. The van der Waals surface area contributed by atoms with Gasteiger partial charge in [-0.1, -0.05) is 11.6 Å². The third kappa shape index (κ3) is 4.01. The molecule has 0 spiro atoms. The topological polar surface area (TPSA) is 98.5 Å². The minimum absolute atomic E-state index is 0.0171. The summed E-state index contributed by atoms with van der Waals surface area (Å²) >= 11 is 6.39. The molecule has 2 aromatic rings. The van der Waals surface area contributed by atoms with Crippen LogP contribution in [0.5, 0.6) is 11.5 Å². The molecule has 0 saturated carbocycles. The lowest BCUT2D eigenvalue weighted by Crippen LogP contribution is -2.12. The lowest BCUT2D eigenvalue weighted by atomic mass is 10.1. The van der Waals surface area contributed by atoms with Crippen molar-refractivity contribution in [2.45, 2.75) is 19.4 Å². The van der Waals surface area contributed by atoms with Crippen molar-refractivity contribution in [2.24, 2.45) is 0 Å². The van der Waals surface area contributed by atoms with Crippen LogP contribution in [0.2, 0.25) is 5.15 Å². The number of rotatable bonds is 5. The van der Waals surface area contributed by atoms with Crippen molar-refractivity contribution in [3.8, 4) is 11.5 Å². The van der Waals surface area contributed by atoms with Gasteiger partial charge in [0.25, 0.3) is 0 Å². The Morgan fingerprint density at radius 1 is 1.44 bits per heavy atom. The fourth-order valence-corrected chi connectivity index (χ4v) is 5.09. The molecule has 0 bridgehead atoms. The highest BCUT2D eigenvalue weighted by Crippen LogP contribution is 2.31. The maximum atomic E-state index is 12.4. The average molecular weight is 411 g/mol. The van der Waals surface area contributed by atoms with Crippen LogP contribution in [0.25, 0.3) is 6.08 Å². The number of allylic oxidation sites excluding steroid dienone is 1.